The Hall–Kier alpha value is -8.11. The van der Waals surface area contributed by atoms with E-state index in [1.54, 1.807) is 14.3 Å². The first-order chi connectivity index (χ1) is 45.1. The van der Waals surface area contributed by atoms with Gasteiger partial charge in [-0.3, -0.25) is 44.7 Å². The van der Waals surface area contributed by atoms with Crippen molar-refractivity contribution in [1.82, 2.24) is 58.5 Å². The Morgan fingerprint density at radius 1 is 0.489 bits per heavy atom. The van der Waals surface area contributed by atoms with Gasteiger partial charge in [0, 0.05) is 104 Å². The highest BCUT2D eigenvalue weighted by atomic mass is 19.3. The maximum atomic E-state index is 13.3. The van der Waals surface area contributed by atoms with Gasteiger partial charge in [-0.15, -0.1) is 15.3 Å². The minimum Gasteiger partial charge on any atom is -0.342 e. The van der Waals surface area contributed by atoms with Crippen LogP contribution in [0.15, 0.2) is 48.5 Å². The molecule has 17 rings (SSSR count). The van der Waals surface area contributed by atoms with E-state index in [0.29, 0.717) is 66.9 Å². The summed E-state index contributed by atoms with van der Waals surface area (Å²) in [6, 6.07) is 17.8. The van der Waals surface area contributed by atoms with Crippen molar-refractivity contribution in [2.75, 3.05) is 55.2 Å². The molecule has 3 spiro atoms. The monoisotopic (exact) mass is 1290 g/mol. The van der Waals surface area contributed by atoms with Crippen molar-refractivity contribution in [3.8, 4) is 6.07 Å². The van der Waals surface area contributed by atoms with Crippen LogP contribution in [0.5, 0.6) is 0 Å². The van der Waals surface area contributed by atoms with Gasteiger partial charge in [-0.05, 0) is 182 Å². The standard InChI is InChI=1S/C24H30N6O2.C23H27F2N5O2.C21H23F2N5O2/c1-16-2-5-19-26-23(27-22(32)18-3-4-18)28-30(19)21(16)17-6-9-24(10-7-17)11-14-29(15-12-24)20(31)8-13-25;24-23(25)13-16(23)20(32)29-10-8-22(9-11-29)7-6-15(12-22)17-2-1-3-18-26-21(28-30(17)18)27-19(31)14-4-5-14;22-21(23)9-14(21)18(30)27-10-20(11-27)7-6-13(8-20)15-2-1-3-16-24-19(26-28(15)16)25-17(29)12-4-5-12/h2,5,17-18H,3-4,6-12,14-15H2,1H3,(H,27,28,32);1-3,14-16H,4-13H2,(H,27,28,31);1-3,12-14H,4-11H2,(H,25,26,29). The molecule has 0 aromatic carbocycles. The van der Waals surface area contributed by atoms with Crippen LogP contribution in [0.4, 0.5) is 35.4 Å². The molecule has 22 nitrogen and oxygen atoms in total. The van der Waals surface area contributed by atoms with E-state index >= 15 is 0 Å². The lowest BCUT2D eigenvalue weighted by Gasteiger charge is -2.48. The van der Waals surface area contributed by atoms with Crippen LogP contribution in [-0.4, -0.2) is 145 Å². The third-order valence-corrected chi connectivity index (χ3v) is 22.9. The number of piperidine rings is 2. The van der Waals surface area contributed by atoms with E-state index in [1.165, 1.54) is 11.3 Å². The molecular weight excluding hydrogens is 1210 g/mol. The number of carbonyl (C=O) groups is 6. The number of nitrogens with zero attached hydrogens (tertiary/aromatic N) is 13. The number of aryl methyl sites for hydroxylation is 1. The van der Waals surface area contributed by atoms with Crippen LogP contribution >= 0.6 is 0 Å². The average Bonchev–Trinajstić information content (AvgIpc) is 1.56. The largest absolute Gasteiger partial charge is 0.342 e. The number of likely N-dealkylation sites (tertiary alicyclic amines) is 3. The predicted octanol–water partition coefficient (Wildman–Crippen LogP) is 10.0. The summed E-state index contributed by atoms with van der Waals surface area (Å²) in [6.07, 6.45) is 19.2. The van der Waals surface area contributed by atoms with Crippen LogP contribution in [0.1, 0.15) is 188 Å². The van der Waals surface area contributed by atoms with Crippen LogP contribution < -0.4 is 16.0 Å². The first-order valence-corrected chi connectivity index (χ1v) is 34.1. The molecule has 0 radical (unpaired) electrons. The molecule has 3 saturated heterocycles. The van der Waals surface area contributed by atoms with Gasteiger partial charge < -0.3 is 14.7 Å². The summed E-state index contributed by atoms with van der Waals surface area (Å²) in [5.74, 6) is -6.17. The number of anilines is 3. The molecule has 11 aliphatic rings. The van der Waals surface area contributed by atoms with Crippen LogP contribution in [0.25, 0.3) is 16.9 Å². The number of hydrogen-bond donors (Lipinski definition) is 3. The van der Waals surface area contributed by atoms with Gasteiger partial charge in [-0.25, -0.2) is 31.1 Å². The van der Waals surface area contributed by atoms with Crippen molar-refractivity contribution >= 4 is 70.2 Å². The minimum atomic E-state index is -2.80. The molecule has 4 atom stereocenters. The van der Waals surface area contributed by atoms with Gasteiger partial charge in [0.25, 0.3) is 11.8 Å². The topological polar surface area (TPSA) is 263 Å². The second-order valence-corrected chi connectivity index (χ2v) is 29.6. The molecule has 8 aliphatic carbocycles. The van der Waals surface area contributed by atoms with E-state index in [1.807, 2.05) is 56.4 Å². The zero-order valence-electron chi connectivity index (χ0n) is 53.0. The van der Waals surface area contributed by atoms with Crippen molar-refractivity contribution in [2.24, 2.45) is 45.8 Å². The Bertz CT molecular complexity index is 4040. The fourth-order valence-corrected chi connectivity index (χ4v) is 16.5. The van der Waals surface area contributed by atoms with Crippen LogP contribution in [-0.2, 0) is 28.8 Å². The van der Waals surface area contributed by atoms with Gasteiger partial charge in [0.1, 0.15) is 18.3 Å². The fourth-order valence-electron chi connectivity index (χ4n) is 16.5. The van der Waals surface area contributed by atoms with Crippen molar-refractivity contribution in [3.05, 3.63) is 71.2 Å². The summed E-state index contributed by atoms with van der Waals surface area (Å²) in [4.78, 5) is 91.4. The first-order valence-electron chi connectivity index (χ1n) is 34.1. The minimum absolute atomic E-state index is 0.00691. The maximum Gasteiger partial charge on any atom is 0.260 e. The van der Waals surface area contributed by atoms with E-state index in [-0.39, 0.29) is 89.2 Å². The number of aromatic nitrogens is 9. The van der Waals surface area contributed by atoms with Crippen LogP contribution in [0.2, 0.25) is 0 Å². The number of pyridine rings is 3. The first kappa shape index (κ1) is 62.0. The molecule has 3 N–H and O–H groups in total. The molecule has 9 heterocycles. The highest BCUT2D eigenvalue weighted by molar-refractivity contribution is 5.94. The summed E-state index contributed by atoms with van der Waals surface area (Å²) in [5.41, 5.74) is 7.24. The normalized spacial score (nSPS) is 25.9. The van der Waals surface area contributed by atoms with E-state index in [2.05, 4.69) is 65.3 Å². The summed E-state index contributed by atoms with van der Waals surface area (Å²) < 4.78 is 58.6. The Balaban J connectivity index is 0.000000116. The lowest BCUT2D eigenvalue weighted by atomic mass is 9.64. The van der Waals surface area contributed by atoms with Crippen molar-refractivity contribution in [1.29, 1.82) is 5.26 Å². The quantitative estimate of drug-likeness (QED) is 0.0965. The Morgan fingerprint density at radius 2 is 0.894 bits per heavy atom. The van der Waals surface area contributed by atoms with Gasteiger partial charge in [0.05, 0.1) is 11.8 Å². The highest BCUT2D eigenvalue weighted by Gasteiger charge is 2.65. The number of nitriles is 1. The maximum absolute atomic E-state index is 13.3. The molecular formula is C68H80F4N16O6. The molecule has 6 aromatic rings. The second kappa shape index (κ2) is 23.7. The number of hydrogen-bond acceptors (Lipinski definition) is 13. The second-order valence-electron chi connectivity index (χ2n) is 29.6. The van der Waals surface area contributed by atoms with Gasteiger partial charge in [0.15, 0.2) is 16.9 Å². The van der Waals surface area contributed by atoms with Gasteiger partial charge >= 0.3 is 0 Å². The number of amides is 6. The number of nitrogens with one attached hydrogen (secondary N) is 3. The molecule has 3 aliphatic heterocycles. The Kier molecular flexibility index (Phi) is 15.6. The van der Waals surface area contributed by atoms with E-state index in [9.17, 15) is 46.3 Å². The molecule has 26 heteroatoms. The Labute approximate surface area is 540 Å². The number of rotatable bonds is 12. The lowest BCUT2D eigenvalue weighted by Crippen LogP contribution is -2.58. The van der Waals surface area contributed by atoms with Gasteiger partial charge in [-0.1, -0.05) is 18.2 Å². The van der Waals surface area contributed by atoms with Crippen LogP contribution in [0, 0.1) is 64.1 Å². The number of alkyl halides is 4. The summed E-state index contributed by atoms with van der Waals surface area (Å²) in [7, 11) is 0. The van der Waals surface area contributed by atoms with Gasteiger partial charge in [-0.2, -0.15) is 20.2 Å². The van der Waals surface area contributed by atoms with Crippen molar-refractivity contribution in [2.45, 2.75) is 184 Å². The van der Waals surface area contributed by atoms with Crippen molar-refractivity contribution < 1.29 is 46.3 Å². The zero-order chi connectivity index (χ0) is 65.1. The lowest BCUT2D eigenvalue weighted by molar-refractivity contribution is -0.147. The van der Waals surface area contributed by atoms with E-state index in [4.69, 9.17) is 5.26 Å². The third kappa shape index (κ3) is 12.5. The summed E-state index contributed by atoms with van der Waals surface area (Å²) >= 11 is 0. The molecule has 11 fully saturated rings. The molecule has 6 aromatic heterocycles. The van der Waals surface area contributed by atoms with E-state index < -0.39 is 23.7 Å². The molecule has 8 saturated carbocycles. The Morgan fingerprint density at radius 3 is 1.36 bits per heavy atom. The molecule has 4 unspecified atom stereocenters. The number of halogens is 4. The zero-order valence-corrected chi connectivity index (χ0v) is 53.0. The predicted molar refractivity (Wildman–Crippen MR) is 334 cm³/mol. The number of carbonyl (C=O) groups excluding carboxylic acids is 6. The van der Waals surface area contributed by atoms with E-state index in [0.717, 1.165) is 164 Å². The third-order valence-electron chi connectivity index (χ3n) is 22.9. The smallest absolute Gasteiger partial charge is 0.260 e. The fraction of sp³-hybridized carbons (Fsp3) is 0.632. The number of fused-ring (bicyclic) bond motifs is 3. The molecule has 496 valence electrons. The van der Waals surface area contributed by atoms with Gasteiger partial charge in [0.2, 0.25) is 53.3 Å². The summed E-state index contributed by atoms with van der Waals surface area (Å²) in [5, 5.41) is 31.0. The van der Waals surface area contributed by atoms with Crippen LogP contribution in [0.3, 0.4) is 0 Å². The van der Waals surface area contributed by atoms with Crippen molar-refractivity contribution in [3.63, 3.8) is 0 Å². The highest BCUT2D eigenvalue weighted by Crippen LogP contribution is 2.57. The molecule has 0 bridgehead atoms. The SMILES string of the molecule is Cc1ccc2nc(NC(=O)C3CC3)nn2c1C1CCC2(CC1)CCN(C(=O)CC#N)CC2.O=C(Nc1nc2cccc(C3CCC4(C3)CN(C(=O)C3CC3(F)F)C4)n2n1)C1CC1.O=C(Nc1nc2cccc(C3CCC4(CCN(C(=O)C5CC5(F)F)CC4)C3)n2n1)C1CC1. The molecule has 94 heavy (non-hydrogen) atoms. The summed E-state index contributed by atoms with van der Waals surface area (Å²) in [6.45, 7) is 5.96. The molecule has 6 amide bonds. The average molecular weight is 1290 g/mol.